The third-order valence-corrected chi connectivity index (χ3v) is 9.22. The predicted molar refractivity (Wildman–Crippen MR) is 162 cm³/mol. The third kappa shape index (κ3) is 8.09. The molecular formula is C31H54N8O. The summed E-state index contributed by atoms with van der Waals surface area (Å²) in [4.78, 5) is 25.6. The zero-order valence-electron chi connectivity index (χ0n) is 24.1. The van der Waals surface area contributed by atoms with E-state index in [0.29, 0.717) is 18.9 Å². The first kappa shape index (κ1) is 30.6. The molecule has 2 fully saturated rings. The number of amides is 1. The van der Waals surface area contributed by atoms with Gasteiger partial charge >= 0.3 is 0 Å². The molecule has 9 heteroatoms. The molecule has 40 heavy (non-hydrogen) atoms. The van der Waals surface area contributed by atoms with Crippen LogP contribution < -0.4 is 11.1 Å². The van der Waals surface area contributed by atoms with Gasteiger partial charge in [-0.05, 0) is 44.4 Å². The summed E-state index contributed by atoms with van der Waals surface area (Å²) in [6.45, 7) is 11.3. The van der Waals surface area contributed by atoms with Crippen molar-refractivity contribution < 1.29 is 4.79 Å². The average molecular weight is 555 g/mol. The van der Waals surface area contributed by atoms with Gasteiger partial charge in [-0.3, -0.25) is 14.6 Å². The van der Waals surface area contributed by atoms with E-state index in [9.17, 15) is 4.79 Å². The van der Waals surface area contributed by atoms with Gasteiger partial charge in [-0.25, -0.2) is 9.97 Å². The molecule has 224 valence electrons. The summed E-state index contributed by atoms with van der Waals surface area (Å²) in [5, 5.41) is 2.85. The van der Waals surface area contributed by atoms with Crippen molar-refractivity contribution >= 4 is 11.9 Å². The molecule has 0 atom stereocenters. The second-order valence-electron chi connectivity index (χ2n) is 12.2. The van der Waals surface area contributed by atoms with E-state index in [1.165, 1.54) is 88.7 Å². The van der Waals surface area contributed by atoms with Gasteiger partial charge in [0, 0.05) is 65.1 Å². The lowest BCUT2D eigenvalue weighted by molar-refractivity contribution is -0.120. The number of nitrogens with two attached hydrogens (primary N) is 1. The van der Waals surface area contributed by atoms with Crippen LogP contribution in [0.1, 0.15) is 95.8 Å². The third-order valence-electron chi connectivity index (χ3n) is 9.22. The Labute approximate surface area is 241 Å². The fourth-order valence-corrected chi connectivity index (χ4v) is 7.09. The van der Waals surface area contributed by atoms with E-state index in [0.717, 1.165) is 56.9 Å². The van der Waals surface area contributed by atoms with Crippen LogP contribution in [0.4, 0.5) is 5.95 Å². The Morgan fingerprint density at radius 1 is 0.825 bits per heavy atom. The van der Waals surface area contributed by atoms with Gasteiger partial charge in [0.05, 0.1) is 24.0 Å². The molecule has 0 spiro atoms. The van der Waals surface area contributed by atoms with Crippen molar-refractivity contribution in [2.45, 2.75) is 111 Å². The maximum absolute atomic E-state index is 11.7. The van der Waals surface area contributed by atoms with Gasteiger partial charge in [0.15, 0.2) is 5.95 Å². The highest BCUT2D eigenvalue weighted by atomic mass is 16.1. The fourth-order valence-electron chi connectivity index (χ4n) is 7.09. The number of nitrogen functional groups attached to an aromatic ring is 1. The molecular weight excluding hydrogens is 500 g/mol. The number of fused-ring (bicyclic) bond motifs is 2. The molecule has 4 heterocycles. The van der Waals surface area contributed by atoms with Gasteiger partial charge in [0.1, 0.15) is 5.82 Å². The normalized spacial score (nSPS) is 20.5. The molecule has 4 aliphatic rings. The summed E-state index contributed by atoms with van der Waals surface area (Å²) in [5.41, 5.74) is 8.37. The van der Waals surface area contributed by atoms with Gasteiger partial charge in [0.2, 0.25) is 5.91 Å². The number of nitrogens with zero attached hydrogens (tertiary/aromatic N) is 6. The number of anilines is 1. The van der Waals surface area contributed by atoms with E-state index in [-0.39, 0.29) is 13.3 Å². The molecule has 0 bridgehead atoms. The molecule has 0 saturated heterocycles. The van der Waals surface area contributed by atoms with Crippen LogP contribution in [0.5, 0.6) is 0 Å². The Kier molecular flexibility index (Phi) is 11.5. The molecule has 2 aromatic rings. The number of likely N-dealkylation sites (N-methyl/N-ethyl adjacent to an activating group) is 1. The topological polar surface area (TPSA) is 97.2 Å². The van der Waals surface area contributed by atoms with E-state index in [4.69, 9.17) is 5.73 Å². The molecule has 2 aliphatic heterocycles. The maximum Gasteiger partial charge on any atom is 0.227 e. The summed E-state index contributed by atoms with van der Waals surface area (Å²) in [7, 11) is 0. The molecule has 0 aromatic carbocycles. The summed E-state index contributed by atoms with van der Waals surface area (Å²) in [6, 6.07) is 0. The summed E-state index contributed by atoms with van der Waals surface area (Å²) in [6.07, 6.45) is 18.5. The van der Waals surface area contributed by atoms with Crippen molar-refractivity contribution in [1.29, 1.82) is 0 Å². The van der Waals surface area contributed by atoms with Gasteiger partial charge in [-0.1, -0.05) is 46.0 Å². The highest BCUT2D eigenvalue weighted by Gasteiger charge is 2.24. The molecule has 2 aliphatic carbocycles. The van der Waals surface area contributed by atoms with Crippen LogP contribution in [0.3, 0.4) is 0 Å². The molecule has 6 rings (SSSR count). The van der Waals surface area contributed by atoms with Crippen LogP contribution >= 0.6 is 0 Å². The van der Waals surface area contributed by atoms with Crippen LogP contribution in [0, 0.1) is 11.8 Å². The first-order valence-electron chi connectivity index (χ1n) is 15.6. The van der Waals surface area contributed by atoms with Gasteiger partial charge in [-0.2, -0.15) is 0 Å². The minimum absolute atomic E-state index is 0. The highest BCUT2D eigenvalue weighted by Crippen LogP contribution is 2.27. The van der Waals surface area contributed by atoms with Crippen molar-refractivity contribution in [3.63, 3.8) is 0 Å². The standard InChI is InChI=1S/C17H28N4O.C13H22N4.CH4/c1-2-18-17(22)10-16-19-11-15-13-20(8-9-21(15)16)12-14-6-4-3-5-7-14;14-13-15-8-12-10-16(6-7-17(12)13)9-11-4-2-1-3-5-11;/h11,14H,2-10,12-13H2,1H3,(H,18,22);8,11H,1-7,9-10H2,(H2,14,15);1H4. The first-order valence-corrected chi connectivity index (χ1v) is 15.6. The lowest BCUT2D eigenvalue weighted by Gasteiger charge is -2.33. The van der Waals surface area contributed by atoms with E-state index in [1.54, 1.807) is 0 Å². The lowest BCUT2D eigenvalue weighted by Crippen LogP contribution is -2.38. The number of hydrogen-bond donors (Lipinski definition) is 2. The first-order chi connectivity index (χ1) is 19.1. The number of nitrogens with one attached hydrogen (secondary N) is 1. The van der Waals surface area contributed by atoms with Crippen molar-refractivity contribution in [1.82, 2.24) is 34.2 Å². The van der Waals surface area contributed by atoms with Crippen molar-refractivity contribution in [3.8, 4) is 0 Å². The van der Waals surface area contributed by atoms with Crippen molar-refractivity contribution in [2.24, 2.45) is 11.8 Å². The minimum atomic E-state index is 0. The van der Waals surface area contributed by atoms with Crippen molar-refractivity contribution in [3.05, 3.63) is 29.6 Å². The van der Waals surface area contributed by atoms with Crippen LogP contribution in [0.25, 0.3) is 0 Å². The van der Waals surface area contributed by atoms with E-state index in [2.05, 4.69) is 34.2 Å². The lowest BCUT2D eigenvalue weighted by atomic mass is 9.89. The minimum Gasteiger partial charge on any atom is -0.369 e. The number of carbonyl (C=O) groups is 1. The van der Waals surface area contributed by atoms with Gasteiger partial charge in [-0.15, -0.1) is 0 Å². The molecule has 9 nitrogen and oxygen atoms in total. The van der Waals surface area contributed by atoms with E-state index >= 15 is 0 Å². The van der Waals surface area contributed by atoms with Crippen LogP contribution in [-0.4, -0.2) is 67.5 Å². The Bertz CT molecular complexity index is 1050. The maximum atomic E-state index is 11.7. The quantitative estimate of drug-likeness (QED) is 0.525. The van der Waals surface area contributed by atoms with Gasteiger partial charge in [0.25, 0.3) is 0 Å². The predicted octanol–water partition coefficient (Wildman–Crippen LogP) is 4.45. The molecule has 2 saturated carbocycles. The zero-order chi connectivity index (χ0) is 27.0. The molecule has 3 N–H and O–H groups in total. The Hall–Kier alpha value is -2.39. The van der Waals surface area contributed by atoms with Crippen LogP contribution in [0.2, 0.25) is 0 Å². The second kappa shape index (κ2) is 15.0. The number of rotatable bonds is 7. The number of aromatic nitrogens is 4. The zero-order valence-corrected chi connectivity index (χ0v) is 24.1. The van der Waals surface area contributed by atoms with Gasteiger partial charge < -0.3 is 20.2 Å². The second-order valence-corrected chi connectivity index (χ2v) is 12.2. The monoisotopic (exact) mass is 554 g/mol. The largest absolute Gasteiger partial charge is 0.369 e. The summed E-state index contributed by atoms with van der Waals surface area (Å²) in [5.74, 6) is 3.48. The summed E-state index contributed by atoms with van der Waals surface area (Å²) >= 11 is 0. The fraction of sp³-hybridized carbons (Fsp3) is 0.774. The number of imidazole rings is 2. The van der Waals surface area contributed by atoms with Crippen LogP contribution in [-0.2, 0) is 37.4 Å². The van der Waals surface area contributed by atoms with E-state index < -0.39 is 0 Å². The Balaban J connectivity index is 0.000000186. The SMILES string of the molecule is C.CCNC(=O)Cc1ncc2n1CCN(CC1CCCCC1)C2.Nc1ncc2n1CCN(CC1CCCCC1)C2. The smallest absolute Gasteiger partial charge is 0.227 e. The molecule has 1 amide bonds. The number of carbonyl (C=O) groups excluding carboxylic acids is 1. The molecule has 0 radical (unpaired) electrons. The highest BCUT2D eigenvalue weighted by molar-refractivity contribution is 5.77. The Morgan fingerprint density at radius 2 is 1.35 bits per heavy atom. The Morgan fingerprint density at radius 3 is 1.93 bits per heavy atom. The average Bonchev–Trinajstić information content (AvgIpc) is 3.52. The molecule has 0 unspecified atom stereocenters. The van der Waals surface area contributed by atoms with E-state index in [1.807, 2.05) is 19.3 Å². The number of hydrogen-bond acceptors (Lipinski definition) is 6. The molecule has 2 aromatic heterocycles. The van der Waals surface area contributed by atoms with Crippen LogP contribution in [0.15, 0.2) is 12.4 Å². The summed E-state index contributed by atoms with van der Waals surface area (Å²) < 4.78 is 4.39. The van der Waals surface area contributed by atoms with Crippen molar-refractivity contribution in [2.75, 3.05) is 38.5 Å².